The lowest BCUT2D eigenvalue weighted by Crippen LogP contribution is -2.34. The van der Waals surface area contributed by atoms with Crippen molar-refractivity contribution in [3.05, 3.63) is 71.8 Å². The molecule has 0 bridgehead atoms. The Morgan fingerprint density at radius 2 is 1.46 bits per heavy atom. The van der Waals surface area contributed by atoms with Crippen LogP contribution in [0.2, 0.25) is 0 Å². The predicted octanol–water partition coefficient (Wildman–Crippen LogP) is 5.54. The summed E-state index contributed by atoms with van der Waals surface area (Å²) < 4.78 is 6.11. The number of hydrogen-bond acceptors (Lipinski definition) is 2. The Bertz CT molecular complexity index is 567. The van der Waals surface area contributed by atoms with Gasteiger partial charge in [-0.3, -0.25) is 0 Å². The van der Waals surface area contributed by atoms with E-state index in [4.69, 9.17) is 4.74 Å². The minimum Gasteiger partial charge on any atom is -0.377 e. The average molecular weight is 352 g/mol. The maximum atomic E-state index is 6.11. The van der Waals surface area contributed by atoms with Gasteiger partial charge in [0.1, 0.15) is 0 Å². The zero-order valence-corrected chi connectivity index (χ0v) is 16.1. The van der Waals surface area contributed by atoms with Crippen LogP contribution >= 0.6 is 0 Å². The highest BCUT2D eigenvalue weighted by atomic mass is 16.5. The molecule has 0 saturated heterocycles. The van der Waals surface area contributed by atoms with E-state index in [2.05, 4.69) is 72.9 Å². The molecule has 2 nitrogen and oxygen atoms in total. The second kappa shape index (κ2) is 10.5. The zero-order chi connectivity index (χ0) is 18.0. The standard InChI is InChI=1S/C24H33NO/c1-20(19-26-23-15-9-4-10-16-23)25-18-17-24(21-11-5-2-6-12-21)22-13-7-3-8-14-22/h2-3,5-8,11-14,20,23-25H,4,9-10,15-19H2,1H3. The molecule has 1 aliphatic rings. The summed E-state index contributed by atoms with van der Waals surface area (Å²) in [5, 5.41) is 3.67. The Labute approximate surface area is 159 Å². The molecular formula is C24H33NO. The first-order valence-corrected chi connectivity index (χ1v) is 10.3. The van der Waals surface area contributed by atoms with Crippen LogP contribution in [-0.4, -0.2) is 25.3 Å². The fourth-order valence-corrected chi connectivity index (χ4v) is 3.94. The van der Waals surface area contributed by atoms with Crippen molar-refractivity contribution in [1.82, 2.24) is 5.32 Å². The molecule has 0 aromatic heterocycles. The summed E-state index contributed by atoms with van der Waals surface area (Å²) in [6, 6.07) is 22.1. The van der Waals surface area contributed by atoms with E-state index in [0.29, 0.717) is 18.1 Å². The normalized spacial score (nSPS) is 16.7. The second-order valence-electron chi connectivity index (χ2n) is 7.61. The number of ether oxygens (including phenoxy) is 1. The lowest BCUT2D eigenvalue weighted by atomic mass is 9.88. The van der Waals surface area contributed by atoms with E-state index in [1.807, 2.05) is 0 Å². The zero-order valence-electron chi connectivity index (χ0n) is 16.1. The highest BCUT2D eigenvalue weighted by molar-refractivity contribution is 5.32. The van der Waals surface area contributed by atoms with Crippen LogP contribution in [0.1, 0.15) is 62.5 Å². The molecule has 1 saturated carbocycles. The van der Waals surface area contributed by atoms with Crippen LogP contribution in [0.15, 0.2) is 60.7 Å². The van der Waals surface area contributed by atoms with Gasteiger partial charge in [0.05, 0.1) is 12.7 Å². The SMILES string of the molecule is CC(COC1CCCCC1)NCCC(c1ccccc1)c1ccccc1. The van der Waals surface area contributed by atoms with Gasteiger partial charge >= 0.3 is 0 Å². The Morgan fingerprint density at radius 1 is 0.885 bits per heavy atom. The maximum Gasteiger partial charge on any atom is 0.0620 e. The number of hydrogen-bond donors (Lipinski definition) is 1. The van der Waals surface area contributed by atoms with Gasteiger partial charge in [0.2, 0.25) is 0 Å². The first-order chi connectivity index (χ1) is 12.8. The third kappa shape index (κ3) is 5.96. The molecule has 26 heavy (non-hydrogen) atoms. The molecule has 0 aliphatic heterocycles. The van der Waals surface area contributed by atoms with Gasteiger partial charge in [-0.1, -0.05) is 79.9 Å². The van der Waals surface area contributed by atoms with Crippen LogP contribution in [0, 0.1) is 0 Å². The smallest absolute Gasteiger partial charge is 0.0620 e. The van der Waals surface area contributed by atoms with Gasteiger partial charge in [0.15, 0.2) is 0 Å². The molecule has 0 heterocycles. The van der Waals surface area contributed by atoms with Crippen molar-refractivity contribution in [2.45, 2.75) is 63.5 Å². The summed E-state index contributed by atoms with van der Waals surface area (Å²) in [6.07, 6.45) is 8.14. The van der Waals surface area contributed by atoms with Gasteiger partial charge in [0.25, 0.3) is 0 Å². The Kier molecular flexibility index (Phi) is 7.72. The molecule has 0 spiro atoms. The Balaban J connectivity index is 1.48. The van der Waals surface area contributed by atoms with E-state index >= 15 is 0 Å². The first-order valence-electron chi connectivity index (χ1n) is 10.3. The molecule has 2 aromatic rings. The van der Waals surface area contributed by atoms with E-state index in [0.717, 1.165) is 19.6 Å². The van der Waals surface area contributed by atoms with E-state index in [9.17, 15) is 0 Å². The minimum absolute atomic E-state index is 0.407. The average Bonchev–Trinajstić information content (AvgIpc) is 2.72. The lowest BCUT2D eigenvalue weighted by molar-refractivity contribution is 0.0182. The van der Waals surface area contributed by atoms with Crippen LogP contribution in [-0.2, 0) is 4.74 Å². The fourth-order valence-electron chi connectivity index (χ4n) is 3.94. The van der Waals surface area contributed by atoms with E-state index in [1.165, 1.54) is 43.2 Å². The first kappa shape index (κ1) is 19.1. The fraction of sp³-hybridized carbons (Fsp3) is 0.500. The molecule has 140 valence electrons. The maximum absolute atomic E-state index is 6.11. The third-order valence-corrected chi connectivity index (χ3v) is 5.46. The molecular weight excluding hydrogens is 318 g/mol. The van der Waals surface area contributed by atoms with Gasteiger partial charge in [-0.2, -0.15) is 0 Å². The topological polar surface area (TPSA) is 21.3 Å². The highest BCUT2D eigenvalue weighted by Gasteiger charge is 2.16. The van der Waals surface area contributed by atoms with Crippen LogP contribution < -0.4 is 5.32 Å². The van der Waals surface area contributed by atoms with Crippen molar-refractivity contribution in [3.63, 3.8) is 0 Å². The molecule has 1 atom stereocenters. The minimum atomic E-state index is 0.407. The Hall–Kier alpha value is -1.64. The molecule has 2 heteroatoms. The van der Waals surface area contributed by atoms with E-state index in [1.54, 1.807) is 0 Å². The number of benzene rings is 2. The molecule has 1 aliphatic carbocycles. The molecule has 1 N–H and O–H groups in total. The summed E-state index contributed by atoms with van der Waals surface area (Å²) in [7, 11) is 0. The van der Waals surface area contributed by atoms with E-state index < -0.39 is 0 Å². The number of rotatable bonds is 9. The van der Waals surface area contributed by atoms with Crippen LogP contribution in [0.3, 0.4) is 0 Å². The predicted molar refractivity (Wildman–Crippen MR) is 110 cm³/mol. The summed E-state index contributed by atoms with van der Waals surface area (Å²) in [5.74, 6) is 0.441. The van der Waals surface area contributed by atoms with Gasteiger partial charge in [-0.15, -0.1) is 0 Å². The molecule has 2 aromatic carbocycles. The summed E-state index contributed by atoms with van der Waals surface area (Å²) in [5.41, 5.74) is 2.79. The Morgan fingerprint density at radius 3 is 2.04 bits per heavy atom. The molecule has 1 fully saturated rings. The highest BCUT2D eigenvalue weighted by Crippen LogP contribution is 2.27. The van der Waals surface area contributed by atoms with Crippen LogP contribution in [0.4, 0.5) is 0 Å². The van der Waals surface area contributed by atoms with Gasteiger partial charge in [-0.25, -0.2) is 0 Å². The molecule has 0 amide bonds. The molecule has 0 radical (unpaired) electrons. The molecule has 1 unspecified atom stereocenters. The monoisotopic (exact) mass is 351 g/mol. The van der Waals surface area contributed by atoms with E-state index in [-0.39, 0.29) is 0 Å². The van der Waals surface area contributed by atoms with Crippen LogP contribution in [0.25, 0.3) is 0 Å². The quantitative estimate of drug-likeness (QED) is 0.641. The van der Waals surface area contributed by atoms with Crippen molar-refractivity contribution in [1.29, 1.82) is 0 Å². The summed E-state index contributed by atoms with van der Waals surface area (Å²) in [6.45, 7) is 4.07. The van der Waals surface area contributed by atoms with Crippen molar-refractivity contribution in [2.24, 2.45) is 0 Å². The van der Waals surface area contributed by atoms with Crippen LogP contribution in [0.5, 0.6) is 0 Å². The van der Waals surface area contributed by atoms with Gasteiger partial charge in [-0.05, 0) is 43.9 Å². The summed E-state index contributed by atoms with van der Waals surface area (Å²) in [4.78, 5) is 0. The third-order valence-electron chi connectivity index (χ3n) is 5.46. The van der Waals surface area contributed by atoms with Crippen molar-refractivity contribution < 1.29 is 4.74 Å². The van der Waals surface area contributed by atoms with Crippen molar-refractivity contribution in [3.8, 4) is 0 Å². The largest absolute Gasteiger partial charge is 0.377 e. The number of nitrogens with one attached hydrogen (secondary N) is 1. The van der Waals surface area contributed by atoms with Crippen molar-refractivity contribution in [2.75, 3.05) is 13.2 Å². The van der Waals surface area contributed by atoms with Gasteiger partial charge in [0, 0.05) is 12.0 Å². The van der Waals surface area contributed by atoms with Crippen molar-refractivity contribution >= 4 is 0 Å². The van der Waals surface area contributed by atoms with Gasteiger partial charge < -0.3 is 10.1 Å². The second-order valence-corrected chi connectivity index (χ2v) is 7.61. The molecule has 3 rings (SSSR count). The summed E-state index contributed by atoms with van der Waals surface area (Å²) >= 11 is 0. The lowest BCUT2D eigenvalue weighted by Gasteiger charge is -2.25.